The minimum absolute atomic E-state index is 0.0220. The molecule has 0 unspecified atom stereocenters. The molecule has 2 rings (SSSR count). The molecule has 1 aromatic rings. The molecule has 1 aliphatic heterocycles. The molecule has 0 aliphatic carbocycles. The highest BCUT2D eigenvalue weighted by Gasteiger charge is 2.27. The minimum atomic E-state index is -0.837. The van der Waals surface area contributed by atoms with Gasteiger partial charge in [-0.15, -0.1) is 0 Å². The highest BCUT2D eigenvalue weighted by molar-refractivity contribution is 5.86. The van der Waals surface area contributed by atoms with Crippen LogP contribution < -0.4 is 4.74 Å². The van der Waals surface area contributed by atoms with Crippen molar-refractivity contribution in [2.24, 2.45) is 5.92 Å². The fourth-order valence-electron chi connectivity index (χ4n) is 2.90. The summed E-state index contributed by atoms with van der Waals surface area (Å²) in [4.78, 5) is 38.4. The van der Waals surface area contributed by atoms with Crippen LogP contribution in [0.4, 0.5) is 4.39 Å². The average molecular weight is 366 g/mol. The normalized spacial score (nSPS) is 14.8. The van der Waals surface area contributed by atoms with Crippen LogP contribution in [0.3, 0.4) is 0 Å². The molecule has 0 aromatic heterocycles. The van der Waals surface area contributed by atoms with E-state index in [2.05, 4.69) is 0 Å². The fraction of sp³-hybridized carbons (Fsp3) is 0.500. The Labute approximate surface area is 151 Å². The monoisotopic (exact) mass is 366 g/mol. The summed E-state index contributed by atoms with van der Waals surface area (Å²) in [7, 11) is 2.88. The molecule has 0 saturated carbocycles. The molecule has 0 atom stereocenters. The van der Waals surface area contributed by atoms with Crippen molar-refractivity contribution >= 4 is 17.8 Å². The van der Waals surface area contributed by atoms with E-state index in [1.165, 1.54) is 31.2 Å². The van der Waals surface area contributed by atoms with Crippen LogP contribution in [-0.4, -0.2) is 66.5 Å². The number of carboxylic acid groups (broad SMARTS) is 1. The number of aliphatic carboxylic acids is 1. The number of halogens is 1. The quantitative estimate of drug-likeness (QED) is 0.816. The largest absolute Gasteiger partial charge is 0.494 e. The summed E-state index contributed by atoms with van der Waals surface area (Å²) in [6.45, 7) is 0.665. The lowest BCUT2D eigenvalue weighted by Gasteiger charge is -2.31. The second-order valence-electron chi connectivity index (χ2n) is 6.39. The number of likely N-dealkylation sites (N-methyl/N-ethyl adjacent to an activating group) is 1. The van der Waals surface area contributed by atoms with Gasteiger partial charge in [0.15, 0.2) is 11.6 Å². The van der Waals surface area contributed by atoms with Gasteiger partial charge in [0.25, 0.3) is 0 Å². The number of methoxy groups -OCH3 is 1. The molecular formula is C18H23FN2O5. The Morgan fingerprint density at radius 3 is 2.50 bits per heavy atom. The zero-order chi connectivity index (χ0) is 19.3. The van der Waals surface area contributed by atoms with Crippen molar-refractivity contribution in [3.05, 3.63) is 29.6 Å². The molecule has 142 valence electrons. The lowest BCUT2D eigenvalue weighted by atomic mass is 9.97. The molecule has 1 heterocycles. The molecular weight excluding hydrogens is 343 g/mol. The Bertz CT molecular complexity index is 686. The SMILES string of the molecule is COc1ccc(CC(=O)N(C)CC(=O)N2CCC(C(=O)O)CC2)cc1F. The second-order valence-corrected chi connectivity index (χ2v) is 6.39. The number of likely N-dealkylation sites (tertiary alicyclic amines) is 1. The highest BCUT2D eigenvalue weighted by atomic mass is 19.1. The van der Waals surface area contributed by atoms with Crippen molar-refractivity contribution in [3.63, 3.8) is 0 Å². The van der Waals surface area contributed by atoms with Gasteiger partial charge in [0.05, 0.1) is 26.0 Å². The Morgan fingerprint density at radius 1 is 1.31 bits per heavy atom. The molecule has 1 fully saturated rings. The molecule has 0 spiro atoms. The number of carbonyl (C=O) groups is 3. The summed E-state index contributed by atoms with van der Waals surface area (Å²) in [5.41, 5.74) is 0.495. The van der Waals surface area contributed by atoms with Crippen LogP contribution in [0, 0.1) is 11.7 Å². The number of hydrogen-bond donors (Lipinski definition) is 1. The lowest BCUT2D eigenvalue weighted by Crippen LogP contribution is -2.45. The number of amides is 2. The van der Waals surface area contributed by atoms with E-state index in [0.717, 1.165) is 0 Å². The molecule has 1 aromatic carbocycles. The first kappa shape index (κ1) is 19.7. The summed E-state index contributed by atoms with van der Waals surface area (Å²) in [6.07, 6.45) is 0.819. The van der Waals surface area contributed by atoms with Gasteiger partial charge in [-0.1, -0.05) is 6.07 Å². The first-order valence-electron chi connectivity index (χ1n) is 8.38. The Kier molecular flexibility index (Phi) is 6.54. The molecule has 0 radical (unpaired) electrons. The third kappa shape index (κ3) is 4.93. The fourth-order valence-corrected chi connectivity index (χ4v) is 2.90. The number of ether oxygens (including phenoxy) is 1. The molecule has 1 N–H and O–H groups in total. The van der Waals surface area contributed by atoms with Crippen LogP contribution in [0.1, 0.15) is 18.4 Å². The van der Waals surface area contributed by atoms with Crippen LogP contribution in [0.25, 0.3) is 0 Å². The van der Waals surface area contributed by atoms with E-state index in [0.29, 0.717) is 31.5 Å². The van der Waals surface area contributed by atoms with Crippen LogP contribution >= 0.6 is 0 Å². The van der Waals surface area contributed by atoms with E-state index in [1.807, 2.05) is 0 Å². The second kappa shape index (κ2) is 8.64. The van der Waals surface area contributed by atoms with Gasteiger partial charge in [-0.3, -0.25) is 14.4 Å². The van der Waals surface area contributed by atoms with Crippen LogP contribution in [0.2, 0.25) is 0 Å². The van der Waals surface area contributed by atoms with Gasteiger partial charge in [-0.05, 0) is 30.5 Å². The molecule has 26 heavy (non-hydrogen) atoms. The molecule has 0 bridgehead atoms. The van der Waals surface area contributed by atoms with Gasteiger partial charge in [-0.25, -0.2) is 4.39 Å². The van der Waals surface area contributed by atoms with E-state index in [9.17, 15) is 18.8 Å². The van der Waals surface area contributed by atoms with E-state index in [4.69, 9.17) is 9.84 Å². The van der Waals surface area contributed by atoms with Gasteiger partial charge < -0.3 is 19.6 Å². The maximum atomic E-state index is 13.7. The van der Waals surface area contributed by atoms with Gasteiger partial charge in [0, 0.05) is 20.1 Å². The zero-order valence-electron chi connectivity index (χ0n) is 14.9. The topological polar surface area (TPSA) is 87.2 Å². The van der Waals surface area contributed by atoms with Crippen molar-refractivity contribution in [2.45, 2.75) is 19.3 Å². The van der Waals surface area contributed by atoms with Crippen LogP contribution in [0.15, 0.2) is 18.2 Å². The molecule has 2 amide bonds. The first-order valence-corrected chi connectivity index (χ1v) is 8.38. The Hall–Kier alpha value is -2.64. The standard InChI is InChI=1S/C18H23FN2O5/c1-20(11-17(23)21-7-5-13(6-8-21)18(24)25)16(22)10-12-3-4-15(26-2)14(19)9-12/h3-4,9,13H,5-8,10-11H2,1-2H3,(H,24,25). The maximum absolute atomic E-state index is 13.7. The zero-order valence-corrected chi connectivity index (χ0v) is 14.9. The van der Waals surface area contributed by atoms with Crippen molar-refractivity contribution < 1.29 is 28.6 Å². The van der Waals surface area contributed by atoms with Crippen LogP contribution in [-0.2, 0) is 20.8 Å². The third-order valence-corrected chi connectivity index (χ3v) is 4.57. The first-order chi connectivity index (χ1) is 12.3. The Balaban J connectivity index is 1.86. The molecule has 1 aliphatic rings. The number of benzene rings is 1. The number of nitrogens with zero attached hydrogens (tertiary/aromatic N) is 2. The number of piperidine rings is 1. The summed E-state index contributed by atoms with van der Waals surface area (Å²) in [5, 5.41) is 8.98. The number of rotatable bonds is 6. The minimum Gasteiger partial charge on any atom is -0.494 e. The molecule has 7 nitrogen and oxygen atoms in total. The maximum Gasteiger partial charge on any atom is 0.306 e. The summed E-state index contributed by atoms with van der Waals surface area (Å²) in [5.74, 6) is -2.21. The summed E-state index contributed by atoms with van der Waals surface area (Å²) in [6, 6.07) is 4.30. The lowest BCUT2D eigenvalue weighted by molar-refractivity contribution is -0.146. The van der Waals surface area contributed by atoms with E-state index >= 15 is 0 Å². The summed E-state index contributed by atoms with van der Waals surface area (Å²) >= 11 is 0. The predicted octanol–water partition coefficient (Wildman–Crippen LogP) is 1.16. The van der Waals surface area contributed by atoms with Crippen molar-refractivity contribution in [1.29, 1.82) is 0 Å². The number of hydrogen-bond acceptors (Lipinski definition) is 4. The predicted molar refractivity (Wildman–Crippen MR) is 91.2 cm³/mol. The van der Waals surface area contributed by atoms with Crippen molar-refractivity contribution in [2.75, 3.05) is 33.8 Å². The van der Waals surface area contributed by atoms with E-state index < -0.39 is 17.7 Å². The van der Waals surface area contributed by atoms with E-state index in [1.54, 1.807) is 11.0 Å². The van der Waals surface area contributed by atoms with Gasteiger partial charge in [-0.2, -0.15) is 0 Å². The summed E-state index contributed by atoms with van der Waals surface area (Å²) < 4.78 is 18.5. The molecule has 8 heteroatoms. The smallest absolute Gasteiger partial charge is 0.306 e. The highest BCUT2D eigenvalue weighted by Crippen LogP contribution is 2.19. The molecule has 1 saturated heterocycles. The van der Waals surface area contributed by atoms with E-state index in [-0.39, 0.29) is 30.5 Å². The van der Waals surface area contributed by atoms with Gasteiger partial charge >= 0.3 is 5.97 Å². The third-order valence-electron chi connectivity index (χ3n) is 4.57. The number of carbonyl (C=O) groups excluding carboxylic acids is 2. The van der Waals surface area contributed by atoms with Gasteiger partial charge in [0.1, 0.15) is 0 Å². The Morgan fingerprint density at radius 2 is 1.96 bits per heavy atom. The van der Waals surface area contributed by atoms with Crippen molar-refractivity contribution in [3.8, 4) is 5.75 Å². The van der Waals surface area contributed by atoms with Crippen molar-refractivity contribution in [1.82, 2.24) is 9.80 Å². The van der Waals surface area contributed by atoms with Gasteiger partial charge in [0.2, 0.25) is 11.8 Å². The van der Waals surface area contributed by atoms with Crippen LogP contribution in [0.5, 0.6) is 5.75 Å². The number of carboxylic acids is 1. The average Bonchev–Trinajstić information content (AvgIpc) is 2.61.